The van der Waals surface area contributed by atoms with E-state index in [1.807, 2.05) is 11.8 Å². The van der Waals surface area contributed by atoms with Crippen molar-refractivity contribution in [1.29, 1.82) is 0 Å². The molecule has 18 heavy (non-hydrogen) atoms. The Hall–Kier alpha value is 0.01000. The molecule has 0 aromatic heterocycles. The van der Waals surface area contributed by atoms with Crippen LogP contribution in [0.1, 0.15) is 36.8 Å². The summed E-state index contributed by atoms with van der Waals surface area (Å²) in [7, 11) is 0. The molecule has 1 aliphatic rings. The van der Waals surface area contributed by atoms with Crippen LogP contribution in [0.5, 0.6) is 0 Å². The molecule has 1 aromatic carbocycles. The summed E-state index contributed by atoms with van der Waals surface area (Å²) >= 11 is 5.63. The normalized spacial score (nSPS) is 24.2. The second-order valence-electron chi connectivity index (χ2n) is 5.13. The Morgan fingerprint density at radius 2 is 2.11 bits per heavy atom. The molecule has 0 saturated heterocycles. The number of nitrogens with one attached hydrogen (secondary N) is 1. The van der Waals surface area contributed by atoms with Gasteiger partial charge in [0, 0.05) is 22.3 Å². The fourth-order valence-corrected chi connectivity index (χ4v) is 4.00. The van der Waals surface area contributed by atoms with Crippen molar-refractivity contribution in [1.82, 2.24) is 5.32 Å². The average Bonchev–Trinajstić information content (AvgIpc) is 2.40. The number of hydrogen-bond acceptors (Lipinski definition) is 2. The summed E-state index contributed by atoms with van der Waals surface area (Å²) in [4.78, 5) is 0. The highest BCUT2D eigenvalue weighted by atomic mass is 79.9. The van der Waals surface area contributed by atoms with Gasteiger partial charge in [-0.3, -0.25) is 0 Å². The number of rotatable bonds is 4. The molecular weight excluding hydrogens is 306 g/mol. The van der Waals surface area contributed by atoms with Gasteiger partial charge in [-0.25, -0.2) is 0 Å². The highest BCUT2D eigenvalue weighted by Crippen LogP contribution is 2.27. The van der Waals surface area contributed by atoms with E-state index < -0.39 is 0 Å². The minimum Gasteiger partial charge on any atom is -0.309 e. The van der Waals surface area contributed by atoms with Crippen molar-refractivity contribution in [2.45, 2.75) is 50.4 Å². The van der Waals surface area contributed by atoms with Gasteiger partial charge in [0.2, 0.25) is 0 Å². The van der Waals surface area contributed by atoms with Crippen LogP contribution in [0.25, 0.3) is 0 Å². The lowest BCUT2D eigenvalue weighted by atomic mass is 9.94. The minimum absolute atomic E-state index is 0.689. The van der Waals surface area contributed by atoms with Gasteiger partial charge in [0.15, 0.2) is 0 Å². The molecule has 1 aliphatic carbocycles. The standard InChI is InChI=1S/C15H22BrNS/c1-11-7-8-12(9-13(11)16)10-17-14-5-3-4-6-15(14)18-2/h7-9,14-15,17H,3-6,10H2,1-2H3. The summed E-state index contributed by atoms with van der Waals surface area (Å²) in [6, 6.07) is 7.34. The number of thioether (sulfide) groups is 1. The van der Waals surface area contributed by atoms with Crippen LogP contribution in [-0.2, 0) is 6.54 Å². The third-order valence-corrected chi connectivity index (χ3v) is 5.83. The van der Waals surface area contributed by atoms with Crippen molar-refractivity contribution >= 4 is 27.7 Å². The van der Waals surface area contributed by atoms with Crippen LogP contribution in [0.15, 0.2) is 22.7 Å². The first-order valence-corrected chi connectivity index (χ1v) is 8.80. The minimum atomic E-state index is 0.689. The van der Waals surface area contributed by atoms with Gasteiger partial charge in [0.25, 0.3) is 0 Å². The van der Waals surface area contributed by atoms with Crippen molar-refractivity contribution in [2.24, 2.45) is 0 Å². The molecule has 100 valence electrons. The summed E-state index contributed by atoms with van der Waals surface area (Å²) in [6.07, 6.45) is 7.73. The molecule has 0 bridgehead atoms. The second kappa shape index (κ2) is 6.97. The van der Waals surface area contributed by atoms with E-state index in [-0.39, 0.29) is 0 Å². The molecule has 2 unspecified atom stereocenters. The third kappa shape index (κ3) is 3.75. The summed E-state index contributed by atoms with van der Waals surface area (Å²) in [6.45, 7) is 3.12. The first-order valence-electron chi connectivity index (χ1n) is 6.72. The van der Waals surface area contributed by atoms with Crippen LogP contribution in [-0.4, -0.2) is 17.5 Å². The Labute approximate surface area is 123 Å². The SMILES string of the molecule is CSC1CCCCC1NCc1ccc(C)c(Br)c1. The van der Waals surface area contributed by atoms with E-state index >= 15 is 0 Å². The Balaban J connectivity index is 1.91. The molecule has 1 nitrogen and oxygen atoms in total. The topological polar surface area (TPSA) is 12.0 Å². The molecule has 3 heteroatoms. The maximum Gasteiger partial charge on any atom is 0.0208 e. The van der Waals surface area contributed by atoms with Crippen molar-refractivity contribution < 1.29 is 0 Å². The maximum absolute atomic E-state index is 3.74. The lowest BCUT2D eigenvalue weighted by Gasteiger charge is -2.31. The maximum atomic E-state index is 3.74. The summed E-state index contributed by atoms with van der Waals surface area (Å²) in [5.41, 5.74) is 2.68. The predicted molar refractivity (Wildman–Crippen MR) is 85.3 cm³/mol. The third-order valence-electron chi connectivity index (χ3n) is 3.81. The monoisotopic (exact) mass is 327 g/mol. The Morgan fingerprint density at radius 1 is 1.33 bits per heavy atom. The molecule has 0 amide bonds. The first kappa shape index (κ1) is 14.4. The van der Waals surface area contributed by atoms with Gasteiger partial charge >= 0.3 is 0 Å². The Kier molecular flexibility index (Phi) is 5.58. The van der Waals surface area contributed by atoms with E-state index in [0.29, 0.717) is 6.04 Å². The molecule has 0 spiro atoms. The van der Waals surface area contributed by atoms with Crippen LogP contribution < -0.4 is 5.32 Å². The fourth-order valence-electron chi connectivity index (χ4n) is 2.61. The van der Waals surface area contributed by atoms with E-state index in [9.17, 15) is 0 Å². The second-order valence-corrected chi connectivity index (χ2v) is 7.06. The van der Waals surface area contributed by atoms with Crippen molar-refractivity contribution in [3.63, 3.8) is 0 Å². The van der Waals surface area contributed by atoms with Gasteiger partial charge in [-0.15, -0.1) is 0 Å². The van der Waals surface area contributed by atoms with E-state index in [4.69, 9.17) is 0 Å². The van der Waals surface area contributed by atoms with Crippen LogP contribution in [0, 0.1) is 6.92 Å². The highest BCUT2D eigenvalue weighted by Gasteiger charge is 2.23. The zero-order valence-electron chi connectivity index (χ0n) is 11.2. The molecule has 0 heterocycles. The summed E-state index contributed by atoms with van der Waals surface area (Å²) in [5.74, 6) is 0. The van der Waals surface area contributed by atoms with Crippen molar-refractivity contribution in [3.8, 4) is 0 Å². The molecular formula is C15H22BrNS. The molecule has 2 atom stereocenters. The van der Waals surface area contributed by atoms with E-state index in [1.54, 1.807) is 0 Å². The molecule has 0 aliphatic heterocycles. The van der Waals surface area contributed by atoms with E-state index in [1.165, 1.54) is 41.3 Å². The van der Waals surface area contributed by atoms with Gasteiger partial charge in [-0.05, 0) is 43.2 Å². The lowest BCUT2D eigenvalue weighted by Crippen LogP contribution is -2.39. The van der Waals surface area contributed by atoms with Crippen molar-refractivity contribution in [3.05, 3.63) is 33.8 Å². The molecule has 2 rings (SSSR count). The van der Waals surface area contributed by atoms with Gasteiger partial charge in [0.1, 0.15) is 0 Å². The zero-order chi connectivity index (χ0) is 13.0. The van der Waals surface area contributed by atoms with E-state index in [0.717, 1.165) is 11.8 Å². The molecule has 1 saturated carbocycles. The predicted octanol–water partition coefficient (Wildman–Crippen LogP) is 4.52. The van der Waals surface area contributed by atoms with Gasteiger partial charge in [0.05, 0.1) is 0 Å². The van der Waals surface area contributed by atoms with Gasteiger partial charge < -0.3 is 5.32 Å². The molecule has 1 aromatic rings. The van der Waals surface area contributed by atoms with Crippen LogP contribution >= 0.6 is 27.7 Å². The number of hydrogen-bond donors (Lipinski definition) is 1. The summed E-state index contributed by atoms with van der Waals surface area (Å²) < 4.78 is 1.21. The van der Waals surface area contributed by atoms with Crippen LogP contribution in [0.2, 0.25) is 0 Å². The lowest BCUT2D eigenvalue weighted by molar-refractivity contribution is 0.383. The van der Waals surface area contributed by atoms with Crippen molar-refractivity contribution in [2.75, 3.05) is 6.26 Å². The van der Waals surface area contributed by atoms with Gasteiger partial charge in [-0.2, -0.15) is 11.8 Å². The number of halogens is 1. The number of benzene rings is 1. The Bertz CT molecular complexity index is 394. The summed E-state index contributed by atoms with van der Waals surface area (Å²) in [5, 5.41) is 4.54. The van der Waals surface area contributed by atoms with E-state index in [2.05, 4.69) is 52.6 Å². The van der Waals surface area contributed by atoms with Gasteiger partial charge in [-0.1, -0.05) is 40.9 Å². The largest absolute Gasteiger partial charge is 0.309 e. The smallest absolute Gasteiger partial charge is 0.0208 e. The van der Waals surface area contributed by atoms with Crippen LogP contribution in [0.3, 0.4) is 0 Å². The fraction of sp³-hybridized carbons (Fsp3) is 0.600. The van der Waals surface area contributed by atoms with Crippen LogP contribution in [0.4, 0.5) is 0 Å². The molecule has 0 radical (unpaired) electrons. The first-order chi connectivity index (χ1) is 8.70. The average molecular weight is 328 g/mol. The Morgan fingerprint density at radius 3 is 2.83 bits per heavy atom. The molecule has 1 N–H and O–H groups in total. The highest BCUT2D eigenvalue weighted by molar-refractivity contribution is 9.10. The number of aryl methyl sites for hydroxylation is 1. The quantitative estimate of drug-likeness (QED) is 0.872. The zero-order valence-corrected chi connectivity index (χ0v) is 13.6. The molecule has 1 fully saturated rings.